The lowest BCUT2D eigenvalue weighted by atomic mass is 10.0. The highest BCUT2D eigenvalue weighted by atomic mass is 16.5. The molecule has 1 aliphatic heterocycles. The van der Waals surface area contributed by atoms with E-state index in [1.54, 1.807) is 0 Å². The van der Waals surface area contributed by atoms with Gasteiger partial charge < -0.3 is 15.2 Å². The second kappa shape index (κ2) is 7.78. The number of hydrogen-bond donors (Lipinski definition) is 1. The van der Waals surface area contributed by atoms with Crippen LogP contribution in [0.1, 0.15) is 23.6 Å². The highest BCUT2D eigenvalue weighted by molar-refractivity contribution is 5.43. The Kier molecular flexibility index (Phi) is 6.03. The lowest BCUT2D eigenvalue weighted by Crippen LogP contribution is -2.38. The molecule has 0 saturated carbocycles. The highest BCUT2D eigenvalue weighted by Crippen LogP contribution is 2.25. The number of aryl methyl sites for hydroxylation is 2. The minimum Gasteiger partial charge on any atom is -0.492 e. The molecule has 1 heterocycles. The molecule has 0 radical (unpaired) electrons. The number of nitrogens with two attached hydrogens (primary N) is 1. The minimum atomic E-state index is 0.192. The maximum absolute atomic E-state index is 6.02. The molecule has 0 amide bonds. The zero-order valence-corrected chi connectivity index (χ0v) is 13.5. The van der Waals surface area contributed by atoms with E-state index in [1.165, 1.54) is 16.7 Å². The molecule has 4 nitrogen and oxygen atoms in total. The summed E-state index contributed by atoms with van der Waals surface area (Å²) in [7, 11) is 0. The molecule has 4 heteroatoms. The first-order chi connectivity index (χ1) is 10.1. The zero-order chi connectivity index (χ0) is 15.2. The molecule has 0 bridgehead atoms. The van der Waals surface area contributed by atoms with Gasteiger partial charge in [0.1, 0.15) is 12.4 Å². The van der Waals surface area contributed by atoms with Crippen LogP contribution in [-0.4, -0.2) is 50.4 Å². The average Bonchev–Trinajstić information content (AvgIpc) is 2.42. The van der Waals surface area contributed by atoms with E-state index in [0.717, 1.165) is 51.6 Å². The summed E-state index contributed by atoms with van der Waals surface area (Å²) in [5.74, 6) is 1.02. The third-order valence-corrected chi connectivity index (χ3v) is 3.84. The van der Waals surface area contributed by atoms with E-state index in [9.17, 15) is 0 Å². The van der Waals surface area contributed by atoms with E-state index < -0.39 is 0 Å². The summed E-state index contributed by atoms with van der Waals surface area (Å²) in [5.41, 5.74) is 9.57. The topological polar surface area (TPSA) is 47.7 Å². The van der Waals surface area contributed by atoms with E-state index in [2.05, 4.69) is 30.9 Å². The standard InChI is InChI=1S/C17H28N2O2/c1-13-10-16(12-15(3)18)11-14(2)17(13)21-9-6-19-4-7-20-8-5-19/h10-11,15H,4-9,12,18H2,1-3H3. The quantitative estimate of drug-likeness (QED) is 0.870. The monoisotopic (exact) mass is 292 g/mol. The van der Waals surface area contributed by atoms with Crippen LogP contribution in [-0.2, 0) is 11.2 Å². The van der Waals surface area contributed by atoms with Crippen molar-refractivity contribution in [1.29, 1.82) is 0 Å². The van der Waals surface area contributed by atoms with E-state index >= 15 is 0 Å². The van der Waals surface area contributed by atoms with Gasteiger partial charge in [0.2, 0.25) is 0 Å². The summed E-state index contributed by atoms with van der Waals surface area (Å²) < 4.78 is 11.4. The molecular formula is C17H28N2O2. The zero-order valence-electron chi connectivity index (χ0n) is 13.5. The molecule has 1 aromatic rings. The summed E-state index contributed by atoms with van der Waals surface area (Å²) in [6, 6.07) is 4.58. The van der Waals surface area contributed by atoms with E-state index in [0.29, 0.717) is 0 Å². The summed E-state index contributed by atoms with van der Waals surface area (Å²) in [4.78, 5) is 2.39. The third kappa shape index (κ3) is 4.99. The fraction of sp³-hybridized carbons (Fsp3) is 0.647. The molecule has 1 fully saturated rings. The molecule has 1 aromatic carbocycles. The number of ether oxygens (including phenoxy) is 2. The van der Waals surface area contributed by atoms with Crippen molar-refractivity contribution in [2.75, 3.05) is 39.5 Å². The van der Waals surface area contributed by atoms with Crippen LogP contribution in [0.15, 0.2) is 12.1 Å². The van der Waals surface area contributed by atoms with Crippen LogP contribution in [0, 0.1) is 13.8 Å². The predicted octanol–water partition coefficient (Wildman–Crippen LogP) is 1.90. The second-order valence-corrected chi connectivity index (χ2v) is 6.04. The molecule has 0 aliphatic carbocycles. The van der Waals surface area contributed by atoms with Gasteiger partial charge in [0.15, 0.2) is 0 Å². The Morgan fingerprint density at radius 2 is 1.86 bits per heavy atom. The summed E-state index contributed by atoms with van der Waals surface area (Å²) in [6.45, 7) is 11.6. The van der Waals surface area contributed by atoms with Gasteiger partial charge in [-0.05, 0) is 43.9 Å². The number of hydrogen-bond acceptors (Lipinski definition) is 4. The van der Waals surface area contributed by atoms with Crippen molar-refractivity contribution in [1.82, 2.24) is 4.90 Å². The van der Waals surface area contributed by atoms with Crippen LogP contribution >= 0.6 is 0 Å². The van der Waals surface area contributed by atoms with Gasteiger partial charge in [-0.15, -0.1) is 0 Å². The van der Waals surface area contributed by atoms with Gasteiger partial charge in [-0.3, -0.25) is 4.90 Å². The molecule has 2 N–H and O–H groups in total. The Bertz CT molecular complexity index is 431. The number of rotatable bonds is 6. The minimum absolute atomic E-state index is 0.192. The van der Waals surface area contributed by atoms with Crippen molar-refractivity contribution < 1.29 is 9.47 Å². The van der Waals surface area contributed by atoms with Gasteiger partial charge in [0.25, 0.3) is 0 Å². The van der Waals surface area contributed by atoms with Crippen LogP contribution in [0.5, 0.6) is 5.75 Å². The maximum Gasteiger partial charge on any atom is 0.125 e. The summed E-state index contributed by atoms with van der Waals surface area (Å²) in [5, 5.41) is 0. The molecule has 21 heavy (non-hydrogen) atoms. The average molecular weight is 292 g/mol. The fourth-order valence-electron chi connectivity index (χ4n) is 2.86. The molecule has 2 rings (SSSR count). The van der Waals surface area contributed by atoms with Gasteiger partial charge in [-0.1, -0.05) is 12.1 Å². The number of morpholine rings is 1. The Balaban J connectivity index is 1.90. The summed E-state index contributed by atoms with van der Waals surface area (Å²) >= 11 is 0. The van der Waals surface area contributed by atoms with E-state index in [4.69, 9.17) is 15.2 Å². The lowest BCUT2D eigenvalue weighted by molar-refractivity contribution is 0.0322. The van der Waals surface area contributed by atoms with Crippen LogP contribution < -0.4 is 10.5 Å². The molecule has 1 saturated heterocycles. The third-order valence-electron chi connectivity index (χ3n) is 3.84. The lowest BCUT2D eigenvalue weighted by Gasteiger charge is -2.26. The first-order valence-corrected chi connectivity index (χ1v) is 7.85. The van der Waals surface area contributed by atoms with Crippen molar-refractivity contribution in [2.24, 2.45) is 5.73 Å². The molecule has 1 aliphatic rings. The van der Waals surface area contributed by atoms with Crippen LogP contribution in [0.25, 0.3) is 0 Å². The normalized spacial score (nSPS) is 17.7. The SMILES string of the molecule is Cc1cc(CC(C)N)cc(C)c1OCCN1CCOCC1. The van der Waals surface area contributed by atoms with Crippen molar-refractivity contribution in [2.45, 2.75) is 33.2 Å². The predicted molar refractivity (Wildman–Crippen MR) is 86.0 cm³/mol. The van der Waals surface area contributed by atoms with E-state index in [1.807, 2.05) is 6.92 Å². The maximum atomic E-state index is 6.02. The van der Waals surface area contributed by atoms with Crippen molar-refractivity contribution in [3.8, 4) is 5.75 Å². The molecule has 1 atom stereocenters. The van der Waals surface area contributed by atoms with Crippen molar-refractivity contribution in [3.05, 3.63) is 28.8 Å². The first-order valence-electron chi connectivity index (χ1n) is 7.85. The fourth-order valence-corrected chi connectivity index (χ4v) is 2.86. The number of benzene rings is 1. The molecular weight excluding hydrogens is 264 g/mol. The smallest absolute Gasteiger partial charge is 0.125 e. The molecule has 1 unspecified atom stereocenters. The van der Waals surface area contributed by atoms with Crippen LogP contribution in [0.2, 0.25) is 0 Å². The van der Waals surface area contributed by atoms with Gasteiger partial charge in [-0.25, -0.2) is 0 Å². The molecule has 0 aromatic heterocycles. The van der Waals surface area contributed by atoms with Crippen molar-refractivity contribution in [3.63, 3.8) is 0 Å². The van der Waals surface area contributed by atoms with Gasteiger partial charge in [-0.2, -0.15) is 0 Å². The summed E-state index contributed by atoms with van der Waals surface area (Å²) in [6.07, 6.45) is 0.912. The Morgan fingerprint density at radius 3 is 2.43 bits per heavy atom. The molecule has 0 spiro atoms. The number of nitrogens with zero attached hydrogens (tertiary/aromatic N) is 1. The molecule has 118 valence electrons. The van der Waals surface area contributed by atoms with Gasteiger partial charge in [0, 0.05) is 25.7 Å². The Labute approximate surface area is 128 Å². The van der Waals surface area contributed by atoms with E-state index in [-0.39, 0.29) is 6.04 Å². The second-order valence-electron chi connectivity index (χ2n) is 6.04. The van der Waals surface area contributed by atoms with Gasteiger partial charge in [0.05, 0.1) is 13.2 Å². The Hall–Kier alpha value is -1.10. The van der Waals surface area contributed by atoms with Crippen molar-refractivity contribution >= 4 is 0 Å². The van der Waals surface area contributed by atoms with Crippen LogP contribution in [0.3, 0.4) is 0 Å². The van der Waals surface area contributed by atoms with Gasteiger partial charge >= 0.3 is 0 Å². The van der Waals surface area contributed by atoms with Crippen LogP contribution in [0.4, 0.5) is 0 Å². The highest BCUT2D eigenvalue weighted by Gasteiger charge is 2.11. The first kappa shape index (κ1) is 16.3. The largest absolute Gasteiger partial charge is 0.492 e. The Morgan fingerprint density at radius 1 is 1.24 bits per heavy atom.